The lowest BCUT2D eigenvalue weighted by molar-refractivity contribution is -0.0585. The van der Waals surface area contributed by atoms with E-state index >= 15 is 0 Å². The molecule has 1 aromatic carbocycles. The third kappa shape index (κ3) is 5.73. The van der Waals surface area contributed by atoms with E-state index in [-0.39, 0.29) is 11.0 Å². The minimum Gasteiger partial charge on any atom is -0.467 e. The van der Waals surface area contributed by atoms with Crippen molar-refractivity contribution < 1.29 is 13.9 Å². The molecule has 3 nitrogen and oxygen atoms in total. The zero-order chi connectivity index (χ0) is 23.3. The van der Waals surface area contributed by atoms with Gasteiger partial charge >= 0.3 is 0 Å². The topological polar surface area (TPSA) is 27.7 Å². The summed E-state index contributed by atoms with van der Waals surface area (Å²) in [5.74, 6) is 0.932. The van der Waals surface area contributed by atoms with Gasteiger partial charge in [0, 0.05) is 25.7 Å². The van der Waals surface area contributed by atoms with Crippen LogP contribution in [0.4, 0.5) is 0 Å². The maximum absolute atomic E-state index is 7.13. The average Bonchev–Trinajstić information content (AvgIpc) is 2.73. The molecule has 1 aromatic rings. The van der Waals surface area contributed by atoms with Gasteiger partial charge in [0.1, 0.15) is 5.75 Å². The van der Waals surface area contributed by atoms with Gasteiger partial charge in [-0.3, -0.25) is 0 Å². The first-order valence-corrected chi connectivity index (χ1v) is 18.4. The van der Waals surface area contributed by atoms with Crippen LogP contribution in [0, 0.1) is 6.92 Å². The molecule has 0 spiro atoms. The molecule has 2 atom stereocenters. The summed E-state index contributed by atoms with van der Waals surface area (Å²) in [4.78, 5) is 0. The van der Waals surface area contributed by atoms with E-state index in [1.807, 2.05) is 0 Å². The minimum absolute atomic E-state index is 0.131. The molecule has 1 saturated carbocycles. The Bertz CT molecular complexity index is 730. The molecule has 0 bridgehead atoms. The predicted molar refractivity (Wildman–Crippen MR) is 139 cm³/mol. The van der Waals surface area contributed by atoms with Crippen LogP contribution in [0.5, 0.6) is 5.75 Å². The van der Waals surface area contributed by atoms with Gasteiger partial charge in [-0.15, -0.1) is 6.58 Å². The summed E-state index contributed by atoms with van der Waals surface area (Å²) in [6, 6.07) is 11.2. The molecule has 0 aromatic heterocycles. The van der Waals surface area contributed by atoms with Crippen LogP contribution in [-0.4, -0.2) is 35.4 Å². The van der Waals surface area contributed by atoms with Gasteiger partial charge in [0.05, 0.1) is 5.60 Å². The molecule has 176 valence electrons. The molecule has 0 aliphatic heterocycles. The second-order valence-electron chi connectivity index (χ2n) is 10.8. The van der Waals surface area contributed by atoms with Crippen LogP contribution in [0.3, 0.4) is 0 Å². The second-order valence-corrected chi connectivity index (χ2v) is 21.1. The molecule has 31 heavy (non-hydrogen) atoms. The van der Waals surface area contributed by atoms with Gasteiger partial charge in [0.25, 0.3) is 0 Å². The molecule has 1 aliphatic carbocycles. The Balaban J connectivity index is 2.26. The van der Waals surface area contributed by atoms with Gasteiger partial charge in [-0.1, -0.05) is 65.5 Å². The zero-order valence-electron chi connectivity index (χ0n) is 21.4. The van der Waals surface area contributed by atoms with Crippen molar-refractivity contribution >= 4 is 16.4 Å². The molecule has 0 N–H and O–H groups in total. The molecule has 1 aliphatic rings. The number of rotatable bonds is 13. The van der Waals surface area contributed by atoms with Gasteiger partial charge in [0.2, 0.25) is 0 Å². The largest absolute Gasteiger partial charge is 0.467 e. The van der Waals surface area contributed by atoms with Crippen LogP contribution in [0.25, 0.3) is 0 Å². The van der Waals surface area contributed by atoms with Crippen molar-refractivity contribution in [1.82, 2.24) is 0 Å². The summed E-state index contributed by atoms with van der Waals surface area (Å²) in [5.41, 5.74) is 1.99. The second kappa shape index (κ2) is 10.4. The molecular formula is C26H46O3Si2. The quantitative estimate of drug-likeness (QED) is 0.130. The third-order valence-corrected chi connectivity index (χ3v) is 14.0. The smallest absolute Gasteiger partial charge is 0.193 e. The number of ether oxygens (including phenoxy) is 2. The molecule has 1 fully saturated rings. The van der Waals surface area contributed by atoms with Crippen molar-refractivity contribution in [3.63, 3.8) is 0 Å². The van der Waals surface area contributed by atoms with Gasteiger partial charge in [-0.25, -0.2) is 0 Å². The first-order chi connectivity index (χ1) is 14.5. The lowest BCUT2D eigenvalue weighted by Gasteiger charge is -2.59. The van der Waals surface area contributed by atoms with Crippen molar-refractivity contribution in [1.29, 1.82) is 0 Å². The van der Waals surface area contributed by atoms with E-state index < -0.39 is 16.4 Å². The highest BCUT2D eigenvalue weighted by Gasteiger charge is 2.59. The summed E-state index contributed by atoms with van der Waals surface area (Å²) in [6.07, 6.45) is 4.20. The lowest BCUT2D eigenvalue weighted by atomic mass is 9.54. The van der Waals surface area contributed by atoms with Crippen molar-refractivity contribution in [2.24, 2.45) is 0 Å². The van der Waals surface area contributed by atoms with E-state index in [2.05, 4.69) is 85.1 Å². The van der Waals surface area contributed by atoms with E-state index in [1.165, 1.54) is 11.1 Å². The molecule has 0 unspecified atom stereocenters. The fourth-order valence-electron chi connectivity index (χ4n) is 4.74. The normalized spacial score (nSPS) is 24.0. The Kier molecular flexibility index (Phi) is 8.82. The summed E-state index contributed by atoms with van der Waals surface area (Å²) in [6.45, 7) is 23.8. The van der Waals surface area contributed by atoms with Crippen LogP contribution in [0.1, 0.15) is 51.7 Å². The molecule has 0 saturated heterocycles. The SMILES string of the molecule is C=C[C@]1(O[Si](CC)(CC)CC)CC[C@]1(C)c1ccc(C)cc1OCOCC[Si](C)(C)C. The number of hydrogen-bond acceptors (Lipinski definition) is 3. The molecule has 0 radical (unpaired) electrons. The Morgan fingerprint density at radius 2 is 1.71 bits per heavy atom. The maximum Gasteiger partial charge on any atom is 0.193 e. The molecule has 0 heterocycles. The van der Waals surface area contributed by atoms with Crippen LogP contribution < -0.4 is 4.74 Å². The number of aryl methyl sites for hydroxylation is 1. The number of benzene rings is 1. The van der Waals surface area contributed by atoms with E-state index in [0.29, 0.717) is 6.79 Å². The fourth-order valence-corrected chi connectivity index (χ4v) is 8.61. The molecular weight excluding hydrogens is 416 g/mol. The molecule has 0 amide bonds. The highest BCUT2D eigenvalue weighted by molar-refractivity contribution is 6.76. The van der Waals surface area contributed by atoms with E-state index in [1.54, 1.807) is 0 Å². The summed E-state index contributed by atoms with van der Waals surface area (Å²) in [5, 5.41) is 0. The highest BCUT2D eigenvalue weighted by Crippen LogP contribution is 2.58. The van der Waals surface area contributed by atoms with E-state index in [4.69, 9.17) is 13.9 Å². The minimum atomic E-state index is -1.78. The molecule has 5 heteroatoms. The Labute approximate surface area is 193 Å². The Morgan fingerprint density at radius 3 is 2.19 bits per heavy atom. The maximum atomic E-state index is 7.13. The van der Waals surface area contributed by atoms with Crippen molar-refractivity contribution in [2.45, 2.75) is 102 Å². The monoisotopic (exact) mass is 462 g/mol. The van der Waals surface area contributed by atoms with Crippen molar-refractivity contribution in [3.05, 3.63) is 42.0 Å². The Hall–Kier alpha value is -0.886. The first-order valence-electron chi connectivity index (χ1n) is 12.2. The van der Waals surface area contributed by atoms with Gasteiger partial charge < -0.3 is 13.9 Å². The fraction of sp³-hybridized carbons (Fsp3) is 0.692. The van der Waals surface area contributed by atoms with Crippen LogP contribution in [-0.2, 0) is 14.6 Å². The first kappa shape index (κ1) is 26.4. The zero-order valence-corrected chi connectivity index (χ0v) is 23.4. The van der Waals surface area contributed by atoms with Gasteiger partial charge in [0.15, 0.2) is 15.1 Å². The Morgan fingerprint density at radius 1 is 1.06 bits per heavy atom. The van der Waals surface area contributed by atoms with Gasteiger partial charge in [-0.2, -0.15) is 0 Å². The predicted octanol–water partition coefficient (Wildman–Crippen LogP) is 7.68. The van der Waals surface area contributed by atoms with Crippen molar-refractivity contribution in [3.8, 4) is 5.75 Å². The van der Waals surface area contributed by atoms with Gasteiger partial charge in [-0.05, 0) is 55.6 Å². The summed E-state index contributed by atoms with van der Waals surface area (Å²) in [7, 11) is -2.88. The summed E-state index contributed by atoms with van der Waals surface area (Å²) < 4.78 is 19.2. The van der Waals surface area contributed by atoms with Crippen LogP contribution in [0.2, 0.25) is 43.8 Å². The van der Waals surface area contributed by atoms with Crippen LogP contribution in [0.15, 0.2) is 30.9 Å². The average molecular weight is 463 g/mol. The lowest BCUT2D eigenvalue weighted by Crippen LogP contribution is -2.63. The van der Waals surface area contributed by atoms with E-state index in [9.17, 15) is 0 Å². The third-order valence-electron chi connectivity index (χ3n) is 7.62. The van der Waals surface area contributed by atoms with Crippen molar-refractivity contribution in [2.75, 3.05) is 13.4 Å². The number of hydrogen-bond donors (Lipinski definition) is 0. The van der Waals surface area contributed by atoms with Crippen LogP contribution >= 0.6 is 0 Å². The molecule has 2 rings (SSSR count). The summed E-state index contributed by atoms with van der Waals surface area (Å²) >= 11 is 0. The van der Waals surface area contributed by atoms with E-state index in [0.717, 1.165) is 49.4 Å². The standard InChI is InChI=1S/C26H46O3Si2/c1-10-26(29-31(11-2,12-3)13-4)17-16-25(26,6)23-15-14-22(5)20-24(23)28-21-27-18-19-30(7,8)9/h10,14-15,20H,1,11-13,16-19,21H2,2-9H3/t25-,26+/m1/s1. The highest BCUT2D eigenvalue weighted by atomic mass is 28.4.